The monoisotopic (exact) mass is 383 g/mol. The second kappa shape index (κ2) is 8.60. The minimum absolute atomic E-state index is 0.0103. The average molecular weight is 383 g/mol. The Morgan fingerprint density at radius 2 is 2.07 bits per heavy atom. The highest BCUT2D eigenvalue weighted by Gasteiger charge is 2.35. The number of methoxy groups -OCH3 is 2. The number of hydrogen-bond acceptors (Lipinski definition) is 10. The van der Waals surface area contributed by atoms with Crippen LogP contribution in [0.1, 0.15) is 13.8 Å². The molecule has 0 aliphatic carbocycles. The van der Waals surface area contributed by atoms with Crippen molar-refractivity contribution in [3.05, 3.63) is 16.7 Å². The Bertz CT molecular complexity index is 877. The van der Waals surface area contributed by atoms with E-state index in [4.69, 9.17) is 14.2 Å². The zero-order chi connectivity index (χ0) is 20.0. The normalized spacial score (nSPS) is 13.2. The number of esters is 2. The van der Waals surface area contributed by atoms with E-state index < -0.39 is 23.2 Å². The summed E-state index contributed by atoms with van der Waals surface area (Å²) in [5.41, 5.74) is -1.73. The van der Waals surface area contributed by atoms with Gasteiger partial charge in [0.25, 0.3) is 5.56 Å². The molecule has 0 amide bonds. The van der Waals surface area contributed by atoms with Gasteiger partial charge < -0.3 is 24.3 Å². The molecule has 2 heterocycles. The number of anilines is 1. The predicted molar refractivity (Wildman–Crippen MR) is 91.8 cm³/mol. The smallest absolute Gasteiger partial charge is 0.359 e. The summed E-state index contributed by atoms with van der Waals surface area (Å²) in [4.78, 5) is 45.5. The molecule has 0 aliphatic rings. The highest BCUT2D eigenvalue weighted by Crippen LogP contribution is 2.15. The molecule has 0 fully saturated rings. The third kappa shape index (κ3) is 4.80. The summed E-state index contributed by atoms with van der Waals surface area (Å²) in [7, 11) is 2.52. The quantitative estimate of drug-likeness (QED) is 0.333. The van der Waals surface area contributed by atoms with E-state index in [1.54, 1.807) is 0 Å². The molecular formula is C15H21N5O7. The van der Waals surface area contributed by atoms with Crippen molar-refractivity contribution in [2.75, 3.05) is 32.8 Å². The number of carbonyl (C=O) groups excluding carboxylic acids is 2. The van der Waals surface area contributed by atoms with E-state index in [0.717, 1.165) is 0 Å². The van der Waals surface area contributed by atoms with Gasteiger partial charge in [-0.15, -0.1) is 0 Å². The summed E-state index contributed by atoms with van der Waals surface area (Å²) >= 11 is 0. The molecule has 1 atom stereocenters. The highest BCUT2D eigenvalue weighted by atomic mass is 16.6. The third-order valence-electron chi connectivity index (χ3n) is 3.58. The molecule has 0 saturated carbocycles. The van der Waals surface area contributed by atoms with Crippen molar-refractivity contribution in [3.8, 4) is 0 Å². The number of rotatable bonds is 9. The van der Waals surface area contributed by atoms with Crippen LogP contribution in [0.2, 0.25) is 0 Å². The van der Waals surface area contributed by atoms with E-state index >= 15 is 0 Å². The van der Waals surface area contributed by atoms with Crippen molar-refractivity contribution in [1.29, 1.82) is 0 Å². The lowest BCUT2D eigenvalue weighted by molar-refractivity contribution is -0.160. The highest BCUT2D eigenvalue weighted by molar-refractivity contribution is 5.82. The molecule has 2 N–H and O–H groups in total. The molecule has 2 rings (SSSR count). The predicted octanol–water partition coefficient (Wildman–Crippen LogP) is -0.396. The van der Waals surface area contributed by atoms with Crippen LogP contribution in [0.15, 0.2) is 11.1 Å². The van der Waals surface area contributed by atoms with Crippen LogP contribution in [-0.4, -0.2) is 64.6 Å². The Morgan fingerprint density at radius 1 is 1.33 bits per heavy atom. The first kappa shape index (κ1) is 20.3. The van der Waals surface area contributed by atoms with E-state index in [1.165, 1.54) is 39.0 Å². The fourth-order valence-electron chi connectivity index (χ4n) is 2.12. The first-order chi connectivity index (χ1) is 12.8. The topological polar surface area (TPSA) is 147 Å². The van der Waals surface area contributed by atoms with Gasteiger partial charge in [-0.25, -0.2) is 9.78 Å². The van der Waals surface area contributed by atoms with Crippen LogP contribution in [0.25, 0.3) is 11.2 Å². The van der Waals surface area contributed by atoms with Crippen molar-refractivity contribution in [3.63, 3.8) is 0 Å². The minimum Gasteiger partial charge on any atom is -0.465 e. The second-order valence-electron chi connectivity index (χ2n) is 5.53. The number of ether oxygens (including phenoxy) is 4. The van der Waals surface area contributed by atoms with Gasteiger partial charge in [0.15, 0.2) is 11.2 Å². The van der Waals surface area contributed by atoms with E-state index in [9.17, 15) is 14.4 Å². The molecule has 0 spiro atoms. The number of aromatic nitrogens is 4. The summed E-state index contributed by atoms with van der Waals surface area (Å²) in [5.74, 6) is -1.11. The molecule has 2 aromatic rings. The number of imidazole rings is 1. The standard InChI is InChI=1S/C15H21N5O7/c1-9(21)27-6-5-26-8-20-7-16-10-11(20)17-14(18-12(10)22)19-15(2,25-4)13(23)24-3/h7H,5-6,8H2,1-4H3,(H2,17,18,19,22). The molecule has 148 valence electrons. The molecule has 1 unspecified atom stereocenters. The average Bonchev–Trinajstić information content (AvgIpc) is 3.03. The van der Waals surface area contributed by atoms with Gasteiger partial charge in [-0.2, -0.15) is 4.98 Å². The van der Waals surface area contributed by atoms with Crippen LogP contribution in [-0.2, 0) is 35.3 Å². The third-order valence-corrected chi connectivity index (χ3v) is 3.58. The van der Waals surface area contributed by atoms with Crippen LogP contribution in [0.4, 0.5) is 5.95 Å². The maximum Gasteiger partial charge on any atom is 0.359 e. The molecule has 0 saturated heterocycles. The molecule has 27 heavy (non-hydrogen) atoms. The van der Waals surface area contributed by atoms with Gasteiger partial charge in [-0.1, -0.05) is 0 Å². The number of carbonyl (C=O) groups is 2. The Balaban J connectivity index is 2.19. The number of aromatic amines is 1. The molecule has 2 aromatic heterocycles. The van der Waals surface area contributed by atoms with Crippen molar-refractivity contribution in [1.82, 2.24) is 19.5 Å². The summed E-state index contributed by atoms with van der Waals surface area (Å²) in [6.45, 7) is 3.03. The molecule has 12 heteroatoms. The zero-order valence-electron chi connectivity index (χ0n) is 15.4. The van der Waals surface area contributed by atoms with Crippen molar-refractivity contribution in [2.24, 2.45) is 0 Å². The fourth-order valence-corrected chi connectivity index (χ4v) is 2.12. The van der Waals surface area contributed by atoms with Crippen molar-refractivity contribution in [2.45, 2.75) is 26.3 Å². The van der Waals surface area contributed by atoms with Gasteiger partial charge in [-0.3, -0.25) is 19.1 Å². The van der Waals surface area contributed by atoms with Crippen LogP contribution < -0.4 is 10.9 Å². The lowest BCUT2D eigenvalue weighted by Crippen LogP contribution is -2.46. The van der Waals surface area contributed by atoms with Gasteiger partial charge in [0.05, 0.1) is 20.0 Å². The Morgan fingerprint density at radius 3 is 2.70 bits per heavy atom. The van der Waals surface area contributed by atoms with E-state index in [2.05, 4.69) is 25.0 Å². The molecule has 12 nitrogen and oxygen atoms in total. The lowest BCUT2D eigenvalue weighted by Gasteiger charge is -2.26. The molecule has 0 bridgehead atoms. The second-order valence-corrected chi connectivity index (χ2v) is 5.53. The first-order valence-electron chi connectivity index (χ1n) is 7.88. The molecule has 0 aliphatic heterocycles. The minimum atomic E-state index is -1.55. The number of nitrogens with one attached hydrogen (secondary N) is 2. The summed E-state index contributed by atoms with van der Waals surface area (Å²) in [5, 5.41) is 2.69. The first-order valence-corrected chi connectivity index (χ1v) is 7.88. The number of nitrogens with zero attached hydrogens (tertiary/aromatic N) is 3. The lowest BCUT2D eigenvalue weighted by atomic mass is 10.2. The Hall–Kier alpha value is -2.99. The Labute approximate surface area is 153 Å². The zero-order valence-corrected chi connectivity index (χ0v) is 15.4. The van der Waals surface area contributed by atoms with Crippen LogP contribution in [0.3, 0.4) is 0 Å². The maximum atomic E-state index is 12.2. The molecule has 0 aromatic carbocycles. The molecular weight excluding hydrogens is 362 g/mol. The van der Waals surface area contributed by atoms with E-state index in [0.29, 0.717) is 0 Å². The largest absolute Gasteiger partial charge is 0.465 e. The molecule has 0 radical (unpaired) electrons. The van der Waals surface area contributed by atoms with Crippen LogP contribution in [0, 0.1) is 0 Å². The number of hydrogen-bond donors (Lipinski definition) is 2. The fraction of sp³-hybridized carbons (Fsp3) is 0.533. The van der Waals surface area contributed by atoms with Crippen LogP contribution in [0.5, 0.6) is 0 Å². The van der Waals surface area contributed by atoms with Gasteiger partial charge in [0, 0.05) is 14.0 Å². The summed E-state index contributed by atoms with van der Waals surface area (Å²) in [6.07, 6.45) is 1.39. The summed E-state index contributed by atoms with van der Waals surface area (Å²) in [6, 6.07) is 0. The van der Waals surface area contributed by atoms with Crippen molar-refractivity contribution < 1.29 is 28.5 Å². The maximum absolute atomic E-state index is 12.2. The SMILES string of the molecule is COC(=O)C(C)(Nc1nc2c(ncn2COCCOC(C)=O)c(=O)[nH]1)OC. The van der Waals surface area contributed by atoms with Gasteiger partial charge in [0.1, 0.15) is 13.3 Å². The van der Waals surface area contributed by atoms with Crippen molar-refractivity contribution >= 4 is 29.1 Å². The van der Waals surface area contributed by atoms with Gasteiger partial charge in [-0.05, 0) is 6.92 Å². The van der Waals surface area contributed by atoms with Gasteiger partial charge >= 0.3 is 11.9 Å². The van der Waals surface area contributed by atoms with E-state index in [-0.39, 0.29) is 37.1 Å². The Kier molecular flexibility index (Phi) is 6.47. The van der Waals surface area contributed by atoms with Crippen LogP contribution >= 0.6 is 0 Å². The number of fused-ring (bicyclic) bond motifs is 1. The number of H-pyrrole nitrogens is 1. The van der Waals surface area contributed by atoms with E-state index in [1.807, 2.05) is 0 Å². The summed E-state index contributed by atoms with van der Waals surface area (Å²) < 4.78 is 21.4. The van der Waals surface area contributed by atoms with Gasteiger partial charge in [0.2, 0.25) is 11.7 Å².